The molecule has 0 aliphatic heterocycles. The van der Waals surface area contributed by atoms with Crippen molar-refractivity contribution in [1.29, 1.82) is 0 Å². The van der Waals surface area contributed by atoms with E-state index in [1.807, 2.05) is 0 Å². The third kappa shape index (κ3) is 4.94. The minimum absolute atomic E-state index is 0.209. The number of aliphatic hydroxyl groups excluding tert-OH is 1. The molecule has 0 saturated carbocycles. The van der Waals surface area contributed by atoms with Gasteiger partial charge in [-0.15, -0.1) is 0 Å². The predicted octanol–water partition coefficient (Wildman–Crippen LogP) is 2.63. The summed E-state index contributed by atoms with van der Waals surface area (Å²) in [4.78, 5) is 11.7. The van der Waals surface area contributed by atoms with Crippen LogP contribution in [0, 0.1) is 0 Å². The van der Waals surface area contributed by atoms with Crippen molar-refractivity contribution in [1.82, 2.24) is 0 Å². The van der Waals surface area contributed by atoms with E-state index in [1.54, 1.807) is 12.1 Å². The Hall–Kier alpha value is -1.26. The van der Waals surface area contributed by atoms with Crippen LogP contribution in [0.15, 0.2) is 18.2 Å². The first-order chi connectivity index (χ1) is 8.65. The maximum atomic E-state index is 11.7. The molecule has 5 heteroatoms. The van der Waals surface area contributed by atoms with Crippen molar-refractivity contribution in [3.05, 3.63) is 28.8 Å². The molecule has 0 atom stereocenters. The second-order valence-corrected chi connectivity index (χ2v) is 4.44. The van der Waals surface area contributed by atoms with Crippen LogP contribution in [0.25, 0.3) is 0 Å². The zero-order chi connectivity index (χ0) is 13.4. The third-order valence-electron chi connectivity index (χ3n) is 2.52. The molecule has 3 N–H and O–H groups in total. The number of nitrogen functional groups attached to an aromatic ring is 1. The summed E-state index contributed by atoms with van der Waals surface area (Å²) in [6.07, 6.45) is 3.46. The minimum Gasteiger partial charge on any atom is -0.462 e. The number of halogens is 1. The van der Waals surface area contributed by atoms with Crippen molar-refractivity contribution in [3.63, 3.8) is 0 Å². The van der Waals surface area contributed by atoms with Crippen LogP contribution in [-0.4, -0.2) is 24.3 Å². The number of rotatable bonds is 7. The number of esters is 1. The lowest BCUT2D eigenvalue weighted by Gasteiger charge is -2.07. The van der Waals surface area contributed by atoms with Gasteiger partial charge in [0, 0.05) is 17.3 Å². The molecule has 1 aromatic carbocycles. The maximum Gasteiger partial charge on any atom is 0.340 e. The van der Waals surface area contributed by atoms with Gasteiger partial charge in [-0.1, -0.05) is 18.0 Å². The smallest absolute Gasteiger partial charge is 0.340 e. The highest BCUT2D eigenvalue weighted by molar-refractivity contribution is 6.31. The van der Waals surface area contributed by atoms with Gasteiger partial charge in [0.2, 0.25) is 0 Å². The predicted molar refractivity (Wildman–Crippen MR) is 71.7 cm³/mol. The molecule has 0 saturated heterocycles. The second kappa shape index (κ2) is 7.95. The Bertz CT molecular complexity index is 396. The highest BCUT2D eigenvalue weighted by Gasteiger charge is 2.10. The monoisotopic (exact) mass is 271 g/mol. The summed E-state index contributed by atoms with van der Waals surface area (Å²) in [5.74, 6) is -0.425. The SMILES string of the molecule is Nc1cc(Cl)ccc1C(=O)OCCCCCCO. The van der Waals surface area contributed by atoms with Crippen LogP contribution >= 0.6 is 11.6 Å². The molecular formula is C13H18ClNO3. The van der Waals surface area contributed by atoms with E-state index in [-0.39, 0.29) is 6.61 Å². The van der Waals surface area contributed by atoms with Crippen LogP contribution in [0.2, 0.25) is 5.02 Å². The van der Waals surface area contributed by atoms with Crippen LogP contribution in [0.4, 0.5) is 5.69 Å². The molecule has 0 unspecified atom stereocenters. The standard InChI is InChI=1S/C13H18ClNO3/c14-10-5-6-11(12(15)9-10)13(17)18-8-4-2-1-3-7-16/h5-6,9,16H,1-4,7-8,15H2. The lowest BCUT2D eigenvalue weighted by molar-refractivity contribution is 0.0498. The Kier molecular flexibility index (Phi) is 6.54. The molecule has 100 valence electrons. The fourth-order valence-electron chi connectivity index (χ4n) is 1.53. The van der Waals surface area contributed by atoms with Gasteiger partial charge < -0.3 is 15.6 Å². The molecule has 0 spiro atoms. The summed E-state index contributed by atoms with van der Waals surface area (Å²) >= 11 is 5.74. The lowest BCUT2D eigenvalue weighted by Crippen LogP contribution is -2.09. The number of benzene rings is 1. The number of carbonyl (C=O) groups is 1. The lowest BCUT2D eigenvalue weighted by atomic mass is 10.2. The van der Waals surface area contributed by atoms with Gasteiger partial charge in [0.25, 0.3) is 0 Å². The van der Waals surface area contributed by atoms with Gasteiger partial charge in [0.05, 0.1) is 12.2 Å². The maximum absolute atomic E-state index is 11.7. The van der Waals surface area contributed by atoms with Gasteiger partial charge in [-0.25, -0.2) is 4.79 Å². The number of ether oxygens (including phenoxy) is 1. The first kappa shape index (κ1) is 14.8. The molecule has 0 bridgehead atoms. The van der Waals surface area contributed by atoms with Crippen LogP contribution < -0.4 is 5.73 Å². The Morgan fingerprint density at radius 3 is 2.67 bits per heavy atom. The van der Waals surface area contributed by atoms with Gasteiger partial charge in [0.15, 0.2) is 0 Å². The largest absolute Gasteiger partial charge is 0.462 e. The summed E-state index contributed by atoms with van der Waals surface area (Å²) in [6.45, 7) is 0.577. The minimum atomic E-state index is -0.425. The number of hydrogen-bond acceptors (Lipinski definition) is 4. The van der Waals surface area contributed by atoms with Crippen molar-refractivity contribution in [3.8, 4) is 0 Å². The second-order valence-electron chi connectivity index (χ2n) is 4.01. The van der Waals surface area contributed by atoms with Crippen molar-refractivity contribution < 1.29 is 14.6 Å². The molecule has 1 aromatic rings. The van der Waals surface area contributed by atoms with Crippen LogP contribution in [0.5, 0.6) is 0 Å². The van der Waals surface area contributed by atoms with E-state index in [4.69, 9.17) is 27.2 Å². The van der Waals surface area contributed by atoms with Crippen molar-refractivity contribution in [2.45, 2.75) is 25.7 Å². The average molecular weight is 272 g/mol. The molecule has 18 heavy (non-hydrogen) atoms. The summed E-state index contributed by atoms with van der Waals surface area (Å²) in [5.41, 5.74) is 6.35. The topological polar surface area (TPSA) is 72.6 Å². The first-order valence-corrected chi connectivity index (χ1v) is 6.36. The molecule has 0 fully saturated rings. The summed E-state index contributed by atoms with van der Waals surface area (Å²) in [6, 6.07) is 4.70. The fourth-order valence-corrected chi connectivity index (χ4v) is 1.71. The summed E-state index contributed by atoms with van der Waals surface area (Å²) in [7, 11) is 0. The normalized spacial score (nSPS) is 10.3. The molecule has 4 nitrogen and oxygen atoms in total. The van der Waals surface area contributed by atoms with E-state index in [1.165, 1.54) is 6.07 Å². The number of hydrogen-bond donors (Lipinski definition) is 2. The van der Waals surface area contributed by atoms with Gasteiger partial charge in [0.1, 0.15) is 0 Å². The number of anilines is 1. The fraction of sp³-hybridized carbons (Fsp3) is 0.462. The van der Waals surface area contributed by atoms with Crippen LogP contribution in [0.3, 0.4) is 0 Å². The zero-order valence-corrected chi connectivity index (χ0v) is 10.9. The van der Waals surface area contributed by atoms with Crippen molar-refractivity contribution >= 4 is 23.3 Å². The van der Waals surface area contributed by atoms with E-state index in [0.29, 0.717) is 22.9 Å². The van der Waals surface area contributed by atoms with Gasteiger partial charge in [-0.3, -0.25) is 0 Å². The summed E-state index contributed by atoms with van der Waals surface area (Å²) in [5, 5.41) is 9.10. The average Bonchev–Trinajstić information content (AvgIpc) is 2.33. The Labute approximate surface area is 112 Å². The number of aliphatic hydroxyl groups is 1. The Morgan fingerprint density at radius 2 is 2.00 bits per heavy atom. The van der Waals surface area contributed by atoms with Gasteiger partial charge in [-0.2, -0.15) is 0 Å². The van der Waals surface area contributed by atoms with E-state index in [9.17, 15) is 4.79 Å². The summed E-state index contributed by atoms with van der Waals surface area (Å²) < 4.78 is 5.10. The highest BCUT2D eigenvalue weighted by atomic mass is 35.5. The molecule has 0 aliphatic rings. The molecule has 0 aliphatic carbocycles. The van der Waals surface area contributed by atoms with E-state index in [0.717, 1.165) is 25.7 Å². The van der Waals surface area contributed by atoms with E-state index < -0.39 is 5.97 Å². The Morgan fingerprint density at radius 1 is 1.28 bits per heavy atom. The first-order valence-electron chi connectivity index (χ1n) is 5.98. The third-order valence-corrected chi connectivity index (χ3v) is 2.75. The van der Waals surface area contributed by atoms with Crippen LogP contribution in [0.1, 0.15) is 36.0 Å². The molecule has 0 radical (unpaired) electrons. The van der Waals surface area contributed by atoms with Gasteiger partial charge >= 0.3 is 5.97 Å². The molecule has 0 amide bonds. The molecule has 1 rings (SSSR count). The van der Waals surface area contributed by atoms with E-state index >= 15 is 0 Å². The highest BCUT2D eigenvalue weighted by Crippen LogP contribution is 2.18. The number of nitrogens with two attached hydrogens (primary N) is 1. The van der Waals surface area contributed by atoms with Crippen molar-refractivity contribution in [2.24, 2.45) is 0 Å². The van der Waals surface area contributed by atoms with E-state index in [2.05, 4.69) is 0 Å². The van der Waals surface area contributed by atoms with Crippen LogP contribution in [-0.2, 0) is 4.74 Å². The van der Waals surface area contributed by atoms with Gasteiger partial charge in [-0.05, 0) is 37.5 Å². The zero-order valence-electron chi connectivity index (χ0n) is 10.2. The number of unbranched alkanes of at least 4 members (excludes halogenated alkanes) is 3. The quantitative estimate of drug-likeness (QED) is 0.454. The molecule has 0 heterocycles. The molecular weight excluding hydrogens is 254 g/mol. The Balaban J connectivity index is 2.32. The van der Waals surface area contributed by atoms with Crippen molar-refractivity contribution in [2.75, 3.05) is 18.9 Å². The molecule has 0 aromatic heterocycles. The number of carbonyl (C=O) groups excluding carboxylic acids is 1.